The lowest BCUT2D eigenvalue weighted by Crippen LogP contribution is -1.87. The molecule has 0 aromatic rings. The minimum absolute atomic E-state index is 0.731. The molecule has 0 aromatic heterocycles. The van der Waals surface area contributed by atoms with Crippen molar-refractivity contribution in [2.75, 3.05) is 0 Å². The summed E-state index contributed by atoms with van der Waals surface area (Å²) in [6.45, 7) is 6.17. The summed E-state index contributed by atoms with van der Waals surface area (Å²) >= 11 is 0. The molecule has 52 valence electrons. The largest absolute Gasteiger partial charge is 0.305 e. The number of rotatable bonds is 3. The van der Waals surface area contributed by atoms with Crippen LogP contribution in [0.1, 0.15) is 33.6 Å². The van der Waals surface area contributed by atoms with Gasteiger partial charge in [0, 0.05) is 5.71 Å². The molecule has 0 fully saturated rings. The number of allylic oxidation sites excluding steroid dienone is 2. The van der Waals surface area contributed by atoms with E-state index in [0.717, 1.165) is 18.6 Å². The van der Waals surface area contributed by atoms with Crippen LogP contribution in [0.25, 0.3) is 0 Å². The maximum atomic E-state index is 7.29. The standard InChI is InChI=1S/C8H15N/c1-4-7(3)6-8(9)5-2/h6,9H,4-5H2,1-3H3/b7-6-,9-8?. The lowest BCUT2D eigenvalue weighted by molar-refractivity contribution is 1.10. The lowest BCUT2D eigenvalue weighted by Gasteiger charge is -1.93. The van der Waals surface area contributed by atoms with Gasteiger partial charge in [0.15, 0.2) is 0 Å². The summed E-state index contributed by atoms with van der Waals surface area (Å²) < 4.78 is 0. The molecule has 0 aliphatic rings. The van der Waals surface area contributed by atoms with E-state index in [2.05, 4.69) is 13.8 Å². The zero-order valence-electron chi connectivity index (χ0n) is 6.49. The van der Waals surface area contributed by atoms with Crippen LogP contribution in [0.2, 0.25) is 0 Å². The Morgan fingerprint density at radius 3 is 2.22 bits per heavy atom. The molecule has 1 heteroatoms. The molecule has 0 amide bonds. The highest BCUT2D eigenvalue weighted by atomic mass is 14.4. The molecule has 0 atom stereocenters. The third kappa shape index (κ3) is 3.95. The fraction of sp³-hybridized carbons (Fsp3) is 0.625. The molecule has 0 radical (unpaired) electrons. The Balaban J connectivity index is 3.79. The van der Waals surface area contributed by atoms with Gasteiger partial charge >= 0.3 is 0 Å². The summed E-state index contributed by atoms with van der Waals surface area (Å²) in [5.74, 6) is 0. The SMILES string of the molecule is CCC(=N)/C=C(/C)CC. The van der Waals surface area contributed by atoms with Gasteiger partial charge in [0.2, 0.25) is 0 Å². The van der Waals surface area contributed by atoms with E-state index in [1.165, 1.54) is 5.57 Å². The first-order chi connectivity index (χ1) is 4.20. The molecule has 0 aliphatic heterocycles. The van der Waals surface area contributed by atoms with Crippen molar-refractivity contribution in [1.82, 2.24) is 0 Å². The fourth-order valence-corrected chi connectivity index (χ4v) is 0.502. The molecule has 0 unspecified atom stereocenters. The second-order valence-corrected chi connectivity index (χ2v) is 2.22. The highest BCUT2D eigenvalue weighted by molar-refractivity contribution is 5.92. The molecular weight excluding hydrogens is 110 g/mol. The monoisotopic (exact) mass is 125 g/mol. The van der Waals surface area contributed by atoms with Crippen molar-refractivity contribution in [2.24, 2.45) is 0 Å². The van der Waals surface area contributed by atoms with Crippen molar-refractivity contribution in [2.45, 2.75) is 33.6 Å². The minimum Gasteiger partial charge on any atom is -0.305 e. The van der Waals surface area contributed by atoms with Crippen molar-refractivity contribution in [3.8, 4) is 0 Å². The molecule has 1 nitrogen and oxygen atoms in total. The van der Waals surface area contributed by atoms with Gasteiger partial charge in [-0.15, -0.1) is 0 Å². The topological polar surface area (TPSA) is 23.9 Å². The van der Waals surface area contributed by atoms with Gasteiger partial charge in [-0.05, 0) is 25.8 Å². The van der Waals surface area contributed by atoms with Gasteiger partial charge in [0.25, 0.3) is 0 Å². The van der Waals surface area contributed by atoms with E-state index in [4.69, 9.17) is 5.41 Å². The van der Waals surface area contributed by atoms with Crippen molar-refractivity contribution >= 4 is 5.71 Å². The lowest BCUT2D eigenvalue weighted by atomic mass is 10.1. The van der Waals surface area contributed by atoms with Crippen LogP contribution >= 0.6 is 0 Å². The molecule has 0 saturated carbocycles. The number of nitrogens with one attached hydrogen (secondary N) is 1. The highest BCUT2D eigenvalue weighted by Gasteiger charge is 1.86. The van der Waals surface area contributed by atoms with Crippen molar-refractivity contribution in [3.63, 3.8) is 0 Å². The Morgan fingerprint density at radius 2 is 1.89 bits per heavy atom. The Labute approximate surface area is 57.3 Å². The third-order valence-electron chi connectivity index (χ3n) is 1.36. The number of hydrogen-bond acceptors (Lipinski definition) is 1. The van der Waals surface area contributed by atoms with Gasteiger partial charge in [-0.3, -0.25) is 0 Å². The molecule has 9 heavy (non-hydrogen) atoms. The van der Waals surface area contributed by atoms with Crippen LogP contribution in [0.15, 0.2) is 11.6 Å². The summed E-state index contributed by atoms with van der Waals surface area (Å²) in [5, 5.41) is 7.29. The summed E-state index contributed by atoms with van der Waals surface area (Å²) in [5.41, 5.74) is 2.02. The molecule has 0 bridgehead atoms. The van der Waals surface area contributed by atoms with Crippen molar-refractivity contribution in [1.29, 1.82) is 5.41 Å². The molecule has 0 spiro atoms. The first kappa shape index (κ1) is 8.41. The van der Waals surface area contributed by atoms with E-state index in [9.17, 15) is 0 Å². The predicted molar refractivity (Wildman–Crippen MR) is 42.1 cm³/mol. The van der Waals surface area contributed by atoms with E-state index in [1.807, 2.05) is 13.0 Å². The summed E-state index contributed by atoms with van der Waals surface area (Å²) in [7, 11) is 0. The van der Waals surface area contributed by atoms with Gasteiger partial charge in [-0.2, -0.15) is 0 Å². The normalized spacial score (nSPS) is 11.7. The molecule has 0 rings (SSSR count). The van der Waals surface area contributed by atoms with Crippen LogP contribution in [0.4, 0.5) is 0 Å². The van der Waals surface area contributed by atoms with Gasteiger partial charge in [-0.25, -0.2) is 0 Å². The van der Waals surface area contributed by atoms with Crippen LogP contribution in [-0.2, 0) is 0 Å². The first-order valence-electron chi connectivity index (χ1n) is 3.45. The van der Waals surface area contributed by atoms with Crippen LogP contribution < -0.4 is 0 Å². The van der Waals surface area contributed by atoms with Crippen LogP contribution in [-0.4, -0.2) is 5.71 Å². The quantitative estimate of drug-likeness (QED) is 0.561. The van der Waals surface area contributed by atoms with Crippen molar-refractivity contribution < 1.29 is 0 Å². The predicted octanol–water partition coefficient (Wildman–Crippen LogP) is 2.77. The molecule has 1 N–H and O–H groups in total. The Kier molecular flexibility index (Phi) is 4.02. The molecule has 0 aliphatic carbocycles. The maximum absolute atomic E-state index is 7.29. The minimum atomic E-state index is 0.731. The zero-order chi connectivity index (χ0) is 7.28. The zero-order valence-corrected chi connectivity index (χ0v) is 6.49. The van der Waals surface area contributed by atoms with Crippen LogP contribution in [0, 0.1) is 5.41 Å². The van der Waals surface area contributed by atoms with E-state index in [1.54, 1.807) is 0 Å². The molecule has 0 saturated heterocycles. The van der Waals surface area contributed by atoms with Crippen LogP contribution in [0.5, 0.6) is 0 Å². The third-order valence-corrected chi connectivity index (χ3v) is 1.36. The Bertz CT molecular complexity index is 123. The van der Waals surface area contributed by atoms with Gasteiger partial charge in [-0.1, -0.05) is 19.4 Å². The molecular formula is C8H15N. The molecule has 0 heterocycles. The van der Waals surface area contributed by atoms with E-state index in [-0.39, 0.29) is 0 Å². The molecule has 0 aromatic carbocycles. The summed E-state index contributed by atoms with van der Waals surface area (Å²) in [6, 6.07) is 0. The van der Waals surface area contributed by atoms with Gasteiger partial charge in [0.1, 0.15) is 0 Å². The van der Waals surface area contributed by atoms with E-state index < -0.39 is 0 Å². The Hall–Kier alpha value is -0.590. The van der Waals surface area contributed by atoms with Gasteiger partial charge in [0.05, 0.1) is 0 Å². The van der Waals surface area contributed by atoms with Gasteiger partial charge < -0.3 is 5.41 Å². The maximum Gasteiger partial charge on any atom is 0.0310 e. The van der Waals surface area contributed by atoms with E-state index in [0.29, 0.717) is 0 Å². The van der Waals surface area contributed by atoms with E-state index >= 15 is 0 Å². The first-order valence-corrected chi connectivity index (χ1v) is 3.45. The second-order valence-electron chi connectivity index (χ2n) is 2.22. The average molecular weight is 125 g/mol. The summed E-state index contributed by atoms with van der Waals surface area (Å²) in [4.78, 5) is 0. The Morgan fingerprint density at radius 1 is 1.33 bits per heavy atom. The smallest absolute Gasteiger partial charge is 0.0310 e. The average Bonchev–Trinajstić information content (AvgIpc) is 1.87. The number of hydrogen-bond donors (Lipinski definition) is 1. The highest BCUT2D eigenvalue weighted by Crippen LogP contribution is 1.98. The van der Waals surface area contributed by atoms with Crippen molar-refractivity contribution in [3.05, 3.63) is 11.6 Å². The summed E-state index contributed by atoms with van der Waals surface area (Å²) in [6.07, 6.45) is 3.85. The van der Waals surface area contributed by atoms with Crippen LogP contribution in [0.3, 0.4) is 0 Å². The second kappa shape index (κ2) is 4.30. The fourth-order valence-electron chi connectivity index (χ4n) is 0.502.